The molecule has 0 spiro atoms. The van der Waals surface area contributed by atoms with Crippen molar-refractivity contribution in [1.29, 1.82) is 0 Å². The van der Waals surface area contributed by atoms with E-state index in [4.69, 9.17) is 11.6 Å². The summed E-state index contributed by atoms with van der Waals surface area (Å²) in [5.41, 5.74) is 1.24. The molecular weight excluding hydrogens is 395 g/mol. The molecule has 0 bridgehead atoms. The number of halogens is 3. The van der Waals surface area contributed by atoms with E-state index in [-0.39, 0.29) is 5.38 Å². The molecule has 0 aliphatic rings. The van der Waals surface area contributed by atoms with Crippen LogP contribution in [0.5, 0.6) is 0 Å². The number of unbranched alkanes of at least 4 members (excludes halogenated alkanes) is 6. The van der Waals surface area contributed by atoms with Gasteiger partial charge in [0.25, 0.3) is 0 Å². The number of thiophene rings is 1. The summed E-state index contributed by atoms with van der Waals surface area (Å²) >= 11 is 15.2. The molecule has 0 aliphatic carbocycles. The third kappa shape index (κ3) is 6.40. The van der Waals surface area contributed by atoms with Crippen molar-refractivity contribution in [2.24, 2.45) is 0 Å². The normalized spacial score (nSPS) is 12.9. The lowest BCUT2D eigenvalue weighted by atomic mass is 10.1. The fourth-order valence-corrected chi connectivity index (χ4v) is 5.50. The third-order valence-electron chi connectivity index (χ3n) is 3.08. The average Bonchev–Trinajstić information content (AvgIpc) is 2.67. The standard InChI is InChI=1S/C14H21Br2ClS/c1-2-3-4-5-6-7-8-9-12(17)11-10-13(15)18-14(11)16/h10,12H,2-9H2,1H3. The minimum atomic E-state index is 0.151. The lowest BCUT2D eigenvalue weighted by Gasteiger charge is -2.08. The van der Waals surface area contributed by atoms with Crippen molar-refractivity contribution in [1.82, 2.24) is 0 Å². The van der Waals surface area contributed by atoms with Crippen LogP contribution in [0, 0.1) is 0 Å². The number of hydrogen-bond acceptors (Lipinski definition) is 1. The molecule has 0 nitrogen and oxygen atoms in total. The molecule has 104 valence electrons. The molecule has 1 atom stereocenters. The highest BCUT2D eigenvalue weighted by Gasteiger charge is 2.14. The molecule has 0 amide bonds. The van der Waals surface area contributed by atoms with Gasteiger partial charge < -0.3 is 0 Å². The molecule has 0 aromatic carbocycles. The fraction of sp³-hybridized carbons (Fsp3) is 0.714. The van der Waals surface area contributed by atoms with Gasteiger partial charge in [-0.05, 0) is 49.9 Å². The Morgan fingerprint density at radius 2 is 1.72 bits per heavy atom. The van der Waals surface area contributed by atoms with Crippen LogP contribution in [0.2, 0.25) is 0 Å². The van der Waals surface area contributed by atoms with Crippen LogP contribution >= 0.6 is 54.8 Å². The van der Waals surface area contributed by atoms with Crippen molar-refractivity contribution < 1.29 is 0 Å². The molecule has 4 heteroatoms. The van der Waals surface area contributed by atoms with Crippen molar-refractivity contribution in [3.05, 3.63) is 19.2 Å². The Labute approximate surface area is 137 Å². The largest absolute Gasteiger partial charge is 0.121 e. The average molecular weight is 417 g/mol. The van der Waals surface area contributed by atoms with Crippen LogP contribution in [-0.2, 0) is 0 Å². The second-order valence-corrected chi connectivity index (χ2v) is 8.93. The molecular formula is C14H21Br2ClS. The van der Waals surface area contributed by atoms with Crippen LogP contribution in [-0.4, -0.2) is 0 Å². The van der Waals surface area contributed by atoms with Crippen LogP contribution < -0.4 is 0 Å². The van der Waals surface area contributed by atoms with E-state index in [1.165, 1.54) is 50.5 Å². The fourth-order valence-electron chi connectivity index (χ4n) is 2.00. The first-order valence-electron chi connectivity index (χ1n) is 6.74. The van der Waals surface area contributed by atoms with Gasteiger partial charge in [-0.15, -0.1) is 22.9 Å². The third-order valence-corrected chi connectivity index (χ3v) is 5.92. The van der Waals surface area contributed by atoms with Crippen molar-refractivity contribution in [3.8, 4) is 0 Å². The molecule has 0 saturated carbocycles. The summed E-state index contributed by atoms with van der Waals surface area (Å²) in [5, 5.41) is 0.151. The lowest BCUT2D eigenvalue weighted by Crippen LogP contribution is -1.89. The van der Waals surface area contributed by atoms with E-state index in [0.717, 1.165) is 14.0 Å². The van der Waals surface area contributed by atoms with Crippen molar-refractivity contribution in [2.75, 3.05) is 0 Å². The van der Waals surface area contributed by atoms with E-state index >= 15 is 0 Å². The van der Waals surface area contributed by atoms with E-state index in [0.29, 0.717) is 0 Å². The van der Waals surface area contributed by atoms with Gasteiger partial charge in [-0.25, -0.2) is 0 Å². The van der Waals surface area contributed by atoms with Crippen molar-refractivity contribution in [2.45, 2.75) is 63.7 Å². The highest BCUT2D eigenvalue weighted by atomic mass is 79.9. The van der Waals surface area contributed by atoms with Crippen LogP contribution in [0.1, 0.15) is 69.2 Å². The summed E-state index contributed by atoms with van der Waals surface area (Å²) in [6.45, 7) is 2.26. The zero-order valence-corrected chi connectivity index (χ0v) is 15.6. The molecule has 0 fully saturated rings. The number of hydrogen-bond donors (Lipinski definition) is 0. The van der Waals surface area contributed by atoms with Crippen molar-refractivity contribution in [3.63, 3.8) is 0 Å². The Morgan fingerprint density at radius 3 is 2.28 bits per heavy atom. The highest BCUT2D eigenvalue weighted by Crippen LogP contribution is 2.39. The summed E-state index contributed by atoms with van der Waals surface area (Å²) < 4.78 is 2.31. The topological polar surface area (TPSA) is 0 Å². The van der Waals surface area contributed by atoms with Gasteiger partial charge in [0.05, 0.1) is 12.9 Å². The summed E-state index contributed by atoms with van der Waals surface area (Å²) in [5.74, 6) is 0. The van der Waals surface area contributed by atoms with Gasteiger partial charge in [-0.2, -0.15) is 0 Å². The number of rotatable bonds is 9. The SMILES string of the molecule is CCCCCCCCCC(Cl)c1cc(Br)sc1Br. The van der Waals surface area contributed by atoms with Crippen LogP contribution in [0.25, 0.3) is 0 Å². The van der Waals surface area contributed by atoms with Gasteiger partial charge in [0.2, 0.25) is 0 Å². The Hall–Kier alpha value is 0.950. The minimum absolute atomic E-state index is 0.151. The molecule has 1 rings (SSSR count). The van der Waals surface area contributed by atoms with Gasteiger partial charge in [-0.3, -0.25) is 0 Å². The van der Waals surface area contributed by atoms with E-state index in [9.17, 15) is 0 Å². The zero-order chi connectivity index (χ0) is 13.4. The molecule has 1 heterocycles. The van der Waals surface area contributed by atoms with Gasteiger partial charge in [0, 0.05) is 0 Å². The zero-order valence-electron chi connectivity index (χ0n) is 10.9. The van der Waals surface area contributed by atoms with Gasteiger partial charge in [0.15, 0.2) is 0 Å². The van der Waals surface area contributed by atoms with E-state index in [2.05, 4.69) is 44.8 Å². The van der Waals surface area contributed by atoms with E-state index in [1.54, 1.807) is 11.3 Å². The summed E-state index contributed by atoms with van der Waals surface area (Å²) in [7, 11) is 0. The van der Waals surface area contributed by atoms with Gasteiger partial charge in [0.1, 0.15) is 0 Å². The smallest absolute Gasteiger partial charge is 0.0757 e. The monoisotopic (exact) mass is 414 g/mol. The lowest BCUT2D eigenvalue weighted by molar-refractivity contribution is 0.572. The Balaban J connectivity index is 2.14. The first-order valence-corrected chi connectivity index (χ1v) is 9.57. The van der Waals surface area contributed by atoms with Gasteiger partial charge >= 0.3 is 0 Å². The predicted molar refractivity (Wildman–Crippen MR) is 90.9 cm³/mol. The highest BCUT2D eigenvalue weighted by molar-refractivity contribution is 9.12. The van der Waals surface area contributed by atoms with Crippen LogP contribution in [0.4, 0.5) is 0 Å². The molecule has 18 heavy (non-hydrogen) atoms. The molecule has 0 N–H and O–H groups in total. The Morgan fingerprint density at radius 1 is 1.11 bits per heavy atom. The number of alkyl halides is 1. The van der Waals surface area contributed by atoms with Crippen molar-refractivity contribution >= 4 is 54.8 Å². The Kier molecular flexibility index (Phi) is 9.25. The van der Waals surface area contributed by atoms with E-state index in [1.807, 2.05) is 0 Å². The molecule has 1 aromatic rings. The summed E-state index contributed by atoms with van der Waals surface area (Å²) in [4.78, 5) is 0. The van der Waals surface area contributed by atoms with Crippen LogP contribution in [0.15, 0.2) is 13.6 Å². The van der Waals surface area contributed by atoms with E-state index < -0.39 is 0 Å². The Bertz CT molecular complexity index is 339. The molecule has 1 unspecified atom stereocenters. The quantitative estimate of drug-likeness (QED) is 0.286. The van der Waals surface area contributed by atoms with Gasteiger partial charge in [-0.1, -0.05) is 51.9 Å². The maximum atomic E-state index is 6.44. The molecule has 0 saturated heterocycles. The predicted octanol–water partition coefficient (Wildman–Crippen LogP) is 7.69. The first kappa shape index (κ1) is 17.0. The maximum absolute atomic E-state index is 6.44. The second-order valence-electron chi connectivity index (χ2n) is 4.66. The molecule has 0 aliphatic heterocycles. The van der Waals surface area contributed by atoms with Crippen LogP contribution in [0.3, 0.4) is 0 Å². The molecule has 1 aromatic heterocycles. The minimum Gasteiger partial charge on any atom is -0.121 e. The summed E-state index contributed by atoms with van der Waals surface area (Å²) in [6, 6.07) is 2.13. The first-order chi connectivity index (χ1) is 8.65. The maximum Gasteiger partial charge on any atom is 0.0757 e. The summed E-state index contributed by atoms with van der Waals surface area (Å²) in [6.07, 6.45) is 10.5. The second kappa shape index (κ2) is 9.79. The molecule has 0 radical (unpaired) electrons.